The van der Waals surface area contributed by atoms with Gasteiger partial charge in [0.1, 0.15) is 36.2 Å². The Morgan fingerprint density at radius 3 is 1.40 bits per heavy atom. The van der Waals surface area contributed by atoms with Crippen LogP contribution < -0.4 is 18.9 Å². The zero-order valence-electron chi connectivity index (χ0n) is 30.2. The quantitative estimate of drug-likeness (QED) is 0.0764. The van der Waals surface area contributed by atoms with Crippen molar-refractivity contribution in [2.75, 3.05) is 13.2 Å². The first-order valence-electron chi connectivity index (χ1n) is 18.3. The third kappa shape index (κ3) is 8.37. The smallest absolute Gasteiger partial charge is 0.343 e. The fourth-order valence-corrected chi connectivity index (χ4v) is 6.98. The summed E-state index contributed by atoms with van der Waals surface area (Å²) in [7, 11) is 0. The van der Waals surface area contributed by atoms with Gasteiger partial charge in [-0.05, 0) is 68.6 Å². The van der Waals surface area contributed by atoms with E-state index in [4.69, 9.17) is 18.9 Å². The molecule has 5 heteroatoms. The van der Waals surface area contributed by atoms with Crippen molar-refractivity contribution in [3.8, 4) is 23.0 Å². The molecule has 0 radical (unpaired) electrons. The molecule has 0 atom stereocenters. The molecule has 6 aromatic carbocycles. The number of rotatable bonds is 11. The van der Waals surface area contributed by atoms with Crippen molar-refractivity contribution < 1.29 is 23.7 Å². The molecule has 0 spiro atoms. The van der Waals surface area contributed by atoms with Crippen LogP contribution in [0.25, 0.3) is 0 Å². The van der Waals surface area contributed by atoms with E-state index in [2.05, 4.69) is 80.2 Å². The second kappa shape index (κ2) is 17.0. The molecule has 0 amide bonds. The molecule has 0 N–H and O–H groups in total. The molecule has 0 saturated heterocycles. The number of hydrogen-bond donors (Lipinski definition) is 0. The first-order valence-corrected chi connectivity index (χ1v) is 18.3. The van der Waals surface area contributed by atoms with E-state index in [1.54, 1.807) is 18.2 Å². The predicted octanol–water partition coefficient (Wildman–Crippen LogP) is 10.5. The number of fused-ring (bicyclic) bond motifs is 8. The maximum Gasteiger partial charge on any atom is 0.343 e. The molecular weight excluding hydrogens is 657 g/mol. The number of hydrogen-bond acceptors (Lipinski definition) is 5. The Morgan fingerprint density at radius 2 is 0.943 bits per heavy atom. The van der Waals surface area contributed by atoms with Gasteiger partial charge < -0.3 is 18.9 Å². The van der Waals surface area contributed by atoms with Crippen LogP contribution in [0.3, 0.4) is 0 Å². The van der Waals surface area contributed by atoms with Crippen LogP contribution >= 0.6 is 0 Å². The van der Waals surface area contributed by atoms with Gasteiger partial charge in [-0.25, -0.2) is 4.79 Å². The molecule has 6 aromatic rings. The molecule has 0 saturated carbocycles. The van der Waals surface area contributed by atoms with E-state index in [0.29, 0.717) is 56.8 Å². The van der Waals surface area contributed by atoms with E-state index in [9.17, 15) is 4.79 Å². The van der Waals surface area contributed by atoms with Crippen molar-refractivity contribution >= 4 is 5.97 Å². The van der Waals surface area contributed by atoms with Gasteiger partial charge >= 0.3 is 5.97 Å². The van der Waals surface area contributed by atoms with E-state index in [-0.39, 0.29) is 0 Å². The van der Waals surface area contributed by atoms with Crippen LogP contribution in [0.1, 0.15) is 73.8 Å². The average molecular weight is 701 g/mol. The maximum atomic E-state index is 13.7. The summed E-state index contributed by atoms with van der Waals surface area (Å²) in [4.78, 5) is 13.7. The number of ether oxygens (including phenoxy) is 4. The van der Waals surface area contributed by atoms with Crippen molar-refractivity contribution in [1.82, 2.24) is 0 Å². The molecule has 5 nitrogen and oxygen atoms in total. The molecule has 0 unspecified atom stereocenters. The van der Waals surface area contributed by atoms with Crippen LogP contribution in [0, 0.1) is 0 Å². The highest BCUT2D eigenvalue weighted by atomic mass is 16.5. The Morgan fingerprint density at radius 1 is 0.528 bits per heavy atom. The van der Waals surface area contributed by atoms with Gasteiger partial charge in [-0.2, -0.15) is 0 Å². The molecular formula is C48H44O5. The molecule has 1 aliphatic carbocycles. The zero-order chi connectivity index (χ0) is 36.4. The van der Waals surface area contributed by atoms with Crippen LogP contribution in [0.15, 0.2) is 146 Å². The fraction of sp³-hybridized carbons (Fsp3) is 0.188. The maximum absolute atomic E-state index is 13.7. The third-order valence-electron chi connectivity index (χ3n) is 9.46. The Labute approximate surface area is 312 Å². The lowest BCUT2D eigenvalue weighted by atomic mass is 9.91. The highest BCUT2D eigenvalue weighted by Crippen LogP contribution is 2.39. The minimum Gasteiger partial charge on any atom is -0.493 e. The Balaban J connectivity index is 1.42. The van der Waals surface area contributed by atoms with Gasteiger partial charge in [-0.3, -0.25) is 0 Å². The van der Waals surface area contributed by atoms with Gasteiger partial charge in [0.05, 0.1) is 12.2 Å². The minimum absolute atomic E-state index is 0.361. The lowest BCUT2D eigenvalue weighted by Crippen LogP contribution is -2.13. The first-order chi connectivity index (χ1) is 26.1. The number of carbonyl (C=O) groups excluding carboxylic acids is 1. The largest absolute Gasteiger partial charge is 0.493 e. The number of para-hydroxylation sites is 4. The molecule has 0 aromatic heterocycles. The SMILES string of the molecule is C=CCOc1c2cccc1Cc1cccc(c1OC(=O)c1ccccc1)Cc1cccc(c1OCc1ccccc1)Cc1cccc(c1OCCC)C2. The van der Waals surface area contributed by atoms with Crippen molar-refractivity contribution in [2.24, 2.45) is 0 Å². The lowest BCUT2D eigenvalue weighted by molar-refractivity contribution is 0.0731. The summed E-state index contributed by atoms with van der Waals surface area (Å²) >= 11 is 0. The van der Waals surface area contributed by atoms with E-state index in [1.165, 1.54) is 0 Å². The molecule has 8 bridgehead atoms. The lowest BCUT2D eigenvalue weighted by Gasteiger charge is -2.22. The molecule has 1 aliphatic rings. The fourth-order valence-electron chi connectivity index (χ4n) is 6.98. The summed E-state index contributed by atoms with van der Waals surface area (Å²) in [5.74, 6) is 2.68. The summed E-state index contributed by atoms with van der Waals surface area (Å²) in [6, 6.07) is 44.5. The van der Waals surface area contributed by atoms with Gasteiger partial charge in [0.2, 0.25) is 0 Å². The van der Waals surface area contributed by atoms with Gasteiger partial charge in [-0.1, -0.05) is 141 Å². The predicted molar refractivity (Wildman–Crippen MR) is 211 cm³/mol. The summed E-state index contributed by atoms with van der Waals surface area (Å²) in [5, 5.41) is 0. The molecule has 7 rings (SSSR count). The summed E-state index contributed by atoms with van der Waals surface area (Å²) < 4.78 is 26.2. The van der Waals surface area contributed by atoms with Crippen LogP contribution in [-0.4, -0.2) is 19.2 Å². The van der Waals surface area contributed by atoms with Gasteiger partial charge in [0.25, 0.3) is 0 Å². The Kier molecular flexibility index (Phi) is 11.3. The van der Waals surface area contributed by atoms with E-state index in [0.717, 1.165) is 73.7 Å². The van der Waals surface area contributed by atoms with Crippen LogP contribution in [0.2, 0.25) is 0 Å². The monoisotopic (exact) mass is 700 g/mol. The van der Waals surface area contributed by atoms with Crippen LogP contribution in [-0.2, 0) is 32.3 Å². The highest BCUT2D eigenvalue weighted by molar-refractivity contribution is 5.91. The van der Waals surface area contributed by atoms with Gasteiger partial charge in [0, 0.05) is 25.7 Å². The van der Waals surface area contributed by atoms with Crippen molar-refractivity contribution in [1.29, 1.82) is 0 Å². The molecule has 53 heavy (non-hydrogen) atoms. The van der Waals surface area contributed by atoms with Crippen LogP contribution in [0.4, 0.5) is 0 Å². The van der Waals surface area contributed by atoms with Crippen LogP contribution in [0.5, 0.6) is 23.0 Å². The Bertz CT molecular complexity index is 2190. The number of benzene rings is 6. The average Bonchev–Trinajstić information content (AvgIpc) is 3.18. The molecule has 0 heterocycles. The Hall–Kier alpha value is -6.07. The van der Waals surface area contributed by atoms with E-state index >= 15 is 0 Å². The number of carbonyl (C=O) groups is 1. The molecule has 266 valence electrons. The third-order valence-corrected chi connectivity index (χ3v) is 9.46. The minimum atomic E-state index is -0.405. The second-order valence-electron chi connectivity index (χ2n) is 13.3. The highest BCUT2D eigenvalue weighted by Gasteiger charge is 2.23. The second-order valence-corrected chi connectivity index (χ2v) is 13.3. The zero-order valence-corrected chi connectivity index (χ0v) is 30.2. The summed E-state index contributed by atoms with van der Waals surface area (Å²) in [6.07, 6.45) is 4.86. The van der Waals surface area contributed by atoms with E-state index < -0.39 is 5.97 Å². The van der Waals surface area contributed by atoms with Gasteiger partial charge in [-0.15, -0.1) is 0 Å². The normalized spacial score (nSPS) is 12.0. The summed E-state index contributed by atoms with van der Waals surface area (Å²) in [5.41, 5.74) is 9.62. The van der Waals surface area contributed by atoms with Gasteiger partial charge in [0.15, 0.2) is 0 Å². The van der Waals surface area contributed by atoms with Crippen molar-refractivity contribution in [3.05, 3.63) is 202 Å². The number of esters is 1. The first kappa shape index (κ1) is 35.3. The van der Waals surface area contributed by atoms with Crippen molar-refractivity contribution in [2.45, 2.75) is 45.6 Å². The summed E-state index contributed by atoms with van der Waals surface area (Å²) in [6.45, 7) is 7.44. The standard InChI is InChI=1S/C48H44O5/c1-3-27-50-44-36-19-11-21-38(44)30-40-23-13-24-41(46(40)52-33-34-15-7-5-8-16-34)32-43-26-14-25-42(47(43)53-48(49)35-17-9-6-10-18-35)31-39-22-12-20-37(29-36)45(39)51-28-4-2/h4-26H,2-3,27-33H2,1H3. The van der Waals surface area contributed by atoms with E-state index in [1.807, 2.05) is 54.6 Å². The van der Waals surface area contributed by atoms with Crippen molar-refractivity contribution in [3.63, 3.8) is 0 Å². The topological polar surface area (TPSA) is 54.0 Å². The molecule has 0 aliphatic heterocycles. The molecule has 0 fully saturated rings.